The minimum absolute atomic E-state index is 0.178. The van der Waals surface area contributed by atoms with Crippen LogP contribution in [0.15, 0.2) is 0 Å². The van der Waals surface area contributed by atoms with Crippen LogP contribution in [-0.4, -0.2) is 33.6 Å². The predicted molar refractivity (Wildman–Crippen MR) is 50.6 cm³/mol. The Morgan fingerprint density at radius 1 is 1.42 bits per heavy atom. The summed E-state index contributed by atoms with van der Waals surface area (Å²) < 4.78 is 0. The first-order valence-electron chi connectivity index (χ1n) is 4.26. The first-order valence-corrected chi connectivity index (χ1v) is 5.58. The van der Waals surface area contributed by atoms with Crippen LogP contribution in [0.25, 0.3) is 0 Å². The molecule has 0 aliphatic carbocycles. The summed E-state index contributed by atoms with van der Waals surface area (Å²) in [5.41, 5.74) is 5.32. The van der Waals surface area contributed by atoms with E-state index in [-0.39, 0.29) is 5.92 Å². The van der Waals surface area contributed by atoms with Crippen LogP contribution in [0.2, 0.25) is 5.32 Å². The Balaban J connectivity index is 3.38. The molecule has 0 saturated carbocycles. The molecule has 0 radical (unpaired) electrons. The molecule has 0 aliphatic rings. The second-order valence-corrected chi connectivity index (χ2v) is 3.62. The number of carbonyl (C=O) groups is 1. The molecule has 0 heterocycles. The predicted octanol–water partition coefficient (Wildman–Crippen LogP) is 0.525. The van der Waals surface area contributed by atoms with Gasteiger partial charge in [-0.1, -0.05) is 0 Å². The number of aliphatic carboxylic acids is 1. The van der Waals surface area contributed by atoms with Crippen LogP contribution in [0, 0.1) is 5.92 Å². The summed E-state index contributed by atoms with van der Waals surface area (Å²) in [6.07, 6.45) is 3.81. The van der Waals surface area contributed by atoms with Gasteiger partial charge in [-0.05, 0) is 0 Å². The van der Waals surface area contributed by atoms with Gasteiger partial charge >= 0.3 is 81.1 Å². The molecule has 0 aromatic rings. The molecule has 0 fully saturated rings. The summed E-state index contributed by atoms with van der Waals surface area (Å²) in [5, 5.41) is 9.37. The monoisotopic (exact) mass is 239 g/mol. The molecule has 0 spiro atoms. The van der Waals surface area contributed by atoms with Crippen molar-refractivity contribution in [3.05, 3.63) is 0 Å². The topological polar surface area (TPSA) is 63.3 Å². The average Bonchev–Trinajstić information content (AvgIpc) is 2.04. The van der Waals surface area contributed by atoms with E-state index in [1.54, 1.807) is 0 Å². The van der Waals surface area contributed by atoms with E-state index in [1.165, 1.54) is 0 Å². The van der Waals surface area contributed by atoms with Crippen LogP contribution in [0.4, 0.5) is 0 Å². The summed E-state index contributed by atoms with van der Waals surface area (Å²) in [6, 6.07) is 0. The maximum absolute atomic E-state index is 10.6. The van der Waals surface area contributed by atoms with E-state index < -0.39 is 5.97 Å². The molecule has 0 aromatic carbocycles. The van der Waals surface area contributed by atoms with E-state index in [0.717, 1.165) is 25.7 Å². The Bertz CT molecular complexity index is 130. The number of hydrogen-bond acceptors (Lipinski definition) is 2. The van der Waals surface area contributed by atoms with E-state index in [0.29, 0.717) is 11.9 Å². The zero-order chi connectivity index (χ0) is 9.40. The summed E-state index contributed by atoms with van der Waals surface area (Å²) in [7, 11) is 0. The van der Waals surface area contributed by atoms with Crippen molar-refractivity contribution in [3.8, 4) is 0 Å². The Labute approximate surface area is 81.5 Å². The number of carboxylic acid groups (broad SMARTS) is 1. The van der Waals surface area contributed by atoms with Gasteiger partial charge in [0.25, 0.3) is 0 Å². The molecule has 4 heteroatoms. The fraction of sp³-hybridized carbons (Fsp3) is 0.875. The van der Waals surface area contributed by atoms with Crippen molar-refractivity contribution in [2.75, 3.05) is 6.54 Å². The summed E-state index contributed by atoms with van der Waals surface area (Å²) in [6.45, 7) is 0.708. The molecule has 0 aromatic heterocycles. The Morgan fingerprint density at radius 2 is 2.08 bits per heavy atom. The Morgan fingerprint density at radius 3 is 2.50 bits per heavy atom. The summed E-state index contributed by atoms with van der Waals surface area (Å²) in [4.78, 5) is 10.6. The number of nitrogens with two attached hydrogens (primary N) is 1. The fourth-order valence-corrected chi connectivity index (χ4v) is 1.72. The zero-order valence-electron chi connectivity index (χ0n) is 7.20. The van der Waals surface area contributed by atoms with Gasteiger partial charge in [0.05, 0.1) is 0 Å². The molecular formula is C8H17NO2Se. The van der Waals surface area contributed by atoms with E-state index in [1.807, 2.05) is 0 Å². The van der Waals surface area contributed by atoms with Gasteiger partial charge in [0.1, 0.15) is 0 Å². The van der Waals surface area contributed by atoms with Crippen LogP contribution in [0.5, 0.6) is 0 Å². The summed E-state index contributed by atoms with van der Waals surface area (Å²) in [5.74, 6) is -0.855. The number of hydrogen-bond donors (Lipinski definition) is 2. The zero-order valence-corrected chi connectivity index (χ0v) is 9.08. The molecule has 1 unspecified atom stereocenters. The fourth-order valence-electron chi connectivity index (χ4n) is 1.00. The van der Waals surface area contributed by atoms with Crippen molar-refractivity contribution in [1.82, 2.24) is 0 Å². The second-order valence-electron chi connectivity index (χ2n) is 2.86. The number of unbranched alkanes of at least 4 members (excludes halogenated alkanes) is 2. The molecule has 0 saturated heterocycles. The Hall–Kier alpha value is -0.0505. The van der Waals surface area contributed by atoms with Crippen molar-refractivity contribution < 1.29 is 9.90 Å². The molecule has 3 nitrogen and oxygen atoms in total. The maximum atomic E-state index is 10.6. The molecule has 0 amide bonds. The molecule has 3 N–H and O–H groups in total. The van der Waals surface area contributed by atoms with Crippen LogP contribution in [-0.2, 0) is 4.79 Å². The molecule has 0 rings (SSSR count). The average molecular weight is 238 g/mol. The van der Waals surface area contributed by atoms with Gasteiger partial charge in [0.15, 0.2) is 0 Å². The van der Waals surface area contributed by atoms with Gasteiger partial charge in [-0.25, -0.2) is 0 Å². The minimum atomic E-state index is -0.677. The summed E-state index contributed by atoms with van der Waals surface area (Å²) >= 11 is 2.34. The van der Waals surface area contributed by atoms with E-state index in [4.69, 9.17) is 10.8 Å². The Kier molecular flexibility index (Phi) is 7.56. The second kappa shape index (κ2) is 7.59. The van der Waals surface area contributed by atoms with E-state index >= 15 is 0 Å². The van der Waals surface area contributed by atoms with Gasteiger partial charge < -0.3 is 0 Å². The van der Waals surface area contributed by atoms with Crippen molar-refractivity contribution in [2.24, 2.45) is 11.7 Å². The van der Waals surface area contributed by atoms with Crippen molar-refractivity contribution in [3.63, 3.8) is 0 Å². The molecular weight excluding hydrogens is 221 g/mol. The molecule has 12 heavy (non-hydrogen) atoms. The quantitative estimate of drug-likeness (QED) is 0.502. The van der Waals surface area contributed by atoms with Crippen LogP contribution in [0.3, 0.4) is 0 Å². The van der Waals surface area contributed by atoms with Crippen molar-refractivity contribution in [2.45, 2.75) is 31.0 Å². The van der Waals surface area contributed by atoms with Gasteiger partial charge in [-0.15, -0.1) is 0 Å². The van der Waals surface area contributed by atoms with Crippen LogP contribution in [0.1, 0.15) is 25.7 Å². The SMILES string of the molecule is NCCCCCC(C[SeH])C(=O)O. The van der Waals surface area contributed by atoms with Gasteiger partial charge in [0.2, 0.25) is 0 Å². The molecule has 0 bridgehead atoms. The third kappa shape index (κ3) is 5.58. The molecule has 0 aliphatic heterocycles. The standard InChI is InChI=1S/C8H17NO2Se/c9-5-3-1-2-4-7(6-12)8(10)11/h7,12H,1-6,9H2,(H,10,11). The van der Waals surface area contributed by atoms with Gasteiger partial charge in [0, 0.05) is 0 Å². The normalized spacial score (nSPS) is 12.8. The third-order valence-electron chi connectivity index (χ3n) is 1.83. The van der Waals surface area contributed by atoms with E-state index in [2.05, 4.69) is 16.0 Å². The molecule has 1 atom stereocenters. The van der Waals surface area contributed by atoms with Crippen molar-refractivity contribution in [1.29, 1.82) is 0 Å². The van der Waals surface area contributed by atoms with Crippen LogP contribution >= 0.6 is 0 Å². The number of carboxylic acids is 1. The molecule has 72 valence electrons. The third-order valence-corrected chi connectivity index (χ3v) is 2.75. The van der Waals surface area contributed by atoms with Crippen LogP contribution < -0.4 is 5.73 Å². The van der Waals surface area contributed by atoms with Crippen molar-refractivity contribution >= 4 is 22.0 Å². The van der Waals surface area contributed by atoms with Gasteiger partial charge in [-0.3, -0.25) is 0 Å². The van der Waals surface area contributed by atoms with E-state index in [9.17, 15) is 4.79 Å². The first-order chi connectivity index (χ1) is 5.72. The number of rotatable bonds is 7. The van der Waals surface area contributed by atoms with Gasteiger partial charge in [-0.2, -0.15) is 0 Å². The first kappa shape index (κ1) is 11.9.